The van der Waals surface area contributed by atoms with Crippen LogP contribution in [0.15, 0.2) is 36.7 Å². The minimum absolute atomic E-state index is 0.108. The molecule has 0 atom stereocenters. The summed E-state index contributed by atoms with van der Waals surface area (Å²) in [6.45, 7) is 3.37. The van der Waals surface area contributed by atoms with Crippen LogP contribution in [0.1, 0.15) is 35.8 Å². The first-order valence-electron chi connectivity index (χ1n) is 7.66. The molecule has 2 rings (SSSR count). The van der Waals surface area contributed by atoms with E-state index in [-0.39, 0.29) is 5.91 Å². The van der Waals surface area contributed by atoms with Crippen LogP contribution in [-0.2, 0) is 6.54 Å². The van der Waals surface area contributed by atoms with Gasteiger partial charge in [0.25, 0.3) is 5.91 Å². The smallest absolute Gasteiger partial charge is 0.273 e. The number of carbonyl (C=O) groups excluding carboxylic acids is 1. The number of rotatable bonds is 7. The summed E-state index contributed by atoms with van der Waals surface area (Å²) in [5, 5.41) is 3.85. The van der Waals surface area contributed by atoms with E-state index in [4.69, 9.17) is 11.6 Å². The maximum Gasteiger partial charge on any atom is 0.273 e. The monoisotopic (exact) mass is 332 g/mol. The molecule has 0 saturated carbocycles. The van der Waals surface area contributed by atoms with Crippen molar-refractivity contribution in [1.29, 1.82) is 0 Å². The van der Waals surface area contributed by atoms with Gasteiger partial charge in [-0.25, -0.2) is 9.97 Å². The van der Waals surface area contributed by atoms with E-state index < -0.39 is 0 Å². The van der Waals surface area contributed by atoms with Gasteiger partial charge >= 0.3 is 0 Å². The predicted molar refractivity (Wildman–Crippen MR) is 92.7 cm³/mol. The summed E-state index contributed by atoms with van der Waals surface area (Å²) < 4.78 is 0. The third-order valence-electron chi connectivity index (χ3n) is 3.48. The fourth-order valence-electron chi connectivity index (χ4n) is 2.05. The van der Waals surface area contributed by atoms with Crippen molar-refractivity contribution in [2.24, 2.45) is 0 Å². The Labute approximate surface area is 141 Å². The van der Waals surface area contributed by atoms with Crippen LogP contribution in [0.25, 0.3) is 0 Å². The zero-order valence-electron chi connectivity index (χ0n) is 13.4. The van der Waals surface area contributed by atoms with Crippen molar-refractivity contribution in [1.82, 2.24) is 14.9 Å². The normalized spacial score (nSPS) is 10.4. The average molecular weight is 333 g/mol. The second-order valence-corrected chi connectivity index (χ2v) is 5.72. The van der Waals surface area contributed by atoms with Gasteiger partial charge in [-0.1, -0.05) is 43.1 Å². The highest BCUT2D eigenvalue weighted by molar-refractivity contribution is 6.31. The Morgan fingerprint density at radius 2 is 2.04 bits per heavy atom. The largest absolute Gasteiger partial charge is 0.365 e. The summed E-state index contributed by atoms with van der Waals surface area (Å²) in [6.07, 6.45) is 5.10. The predicted octanol–water partition coefficient (Wildman–Crippen LogP) is 3.61. The van der Waals surface area contributed by atoms with Gasteiger partial charge in [-0.05, 0) is 18.1 Å². The Morgan fingerprint density at radius 1 is 1.26 bits per heavy atom. The molecule has 0 aliphatic carbocycles. The maximum atomic E-state index is 12.2. The number of nitrogens with one attached hydrogen (secondary N) is 1. The fourth-order valence-corrected chi connectivity index (χ4v) is 2.25. The molecule has 0 fully saturated rings. The van der Waals surface area contributed by atoms with E-state index >= 15 is 0 Å². The second-order valence-electron chi connectivity index (χ2n) is 5.31. The minimum Gasteiger partial charge on any atom is -0.365 e. The van der Waals surface area contributed by atoms with Crippen molar-refractivity contribution in [3.8, 4) is 0 Å². The van der Waals surface area contributed by atoms with E-state index in [1.165, 1.54) is 6.20 Å². The highest BCUT2D eigenvalue weighted by Gasteiger charge is 2.13. The van der Waals surface area contributed by atoms with E-state index in [0.29, 0.717) is 23.1 Å². The van der Waals surface area contributed by atoms with Crippen molar-refractivity contribution in [2.45, 2.75) is 26.3 Å². The molecule has 0 spiro atoms. The molecule has 0 aliphatic rings. The molecule has 23 heavy (non-hydrogen) atoms. The Balaban J connectivity index is 1.94. The Morgan fingerprint density at radius 3 is 2.70 bits per heavy atom. The van der Waals surface area contributed by atoms with Crippen LogP contribution in [0.4, 0.5) is 5.82 Å². The van der Waals surface area contributed by atoms with Gasteiger partial charge in [-0.3, -0.25) is 4.79 Å². The molecular formula is C17H21ClN4O. The third kappa shape index (κ3) is 4.93. The van der Waals surface area contributed by atoms with Gasteiger partial charge in [-0.2, -0.15) is 0 Å². The van der Waals surface area contributed by atoms with E-state index in [0.717, 1.165) is 24.9 Å². The molecule has 1 amide bonds. The molecule has 0 saturated heterocycles. The standard InChI is InChI=1S/C17H21ClN4O/c1-3-4-9-22(2)17(23)15-11-21-16(12-19-15)20-10-13-7-5-6-8-14(13)18/h5-8,11-12H,3-4,9-10H2,1-2H3,(H,20,21). The number of anilines is 1. The Hall–Kier alpha value is -2.14. The lowest BCUT2D eigenvalue weighted by Crippen LogP contribution is -2.28. The van der Waals surface area contributed by atoms with Crippen molar-refractivity contribution in [2.75, 3.05) is 18.9 Å². The van der Waals surface area contributed by atoms with Gasteiger partial charge in [-0.15, -0.1) is 0 Å². The van der Waals surface area contributed by atoms with E-state index in [9.17, 15) is 4.79 Å². The van der Waals surface area contributed by atoms with Crippen LogP contribution < -0.4 is 5.32 Å². The van der Waals surface area contributed by atoms with Crippen molar-refractivity contribution in [3.05, 3.63) is 52.9 Å². The minimum atomic E-state index is -0.108. The summed E-state index contributed by atoms with van der Waals surface area (Å²) in [7, 11) is 1.78. The van der Waals surface area contributed by atoms with E-state index in [1.807, 2.05) is 24.3 Å². The van der Waals surface area contributed by atoms with Crippen molar-refractivity contribution < 1.29 is 4.79 Å². The van der Waals surface area contributed by atoms with Crippen LogP contribution in [0.3, 0.4) is 0 Å². The summed E-state index contributed by atoms with van der Waals surface area (Å²) in [5.74, 6) is 0.501. The number of carbonyl (C=O) groups is 1. The molecule has 6 heteroatoms. The number of aromatic nitrogens is 2. The molecule has 1 aromatic carbocycles. The van der Waals surface area contributed by atoms with Gasteiger partial charge in [0.1, 0.15) is 11.5 Å². The number of hydrogen-bond donors (Lipinski definition) is 1. The van der Waals surface area contributed by atoms with Gasteiger partial charge in [0, 0.05) is 25.2 Å². The number of amides is 1. The molecule has 5 nitrogen and oxygen atoms in total. The summed E-state index contributed by atoms with van der Waals surface area (Å²) in [4.78, 5) is 22.3. The van der Waals surface area contributed by atoms with Crippen LogP contribution >= 0.6 is 11.6 Å². The summed E-state index contributed by atoms with van der Waals surface area (Å²) >= 11 is 6.11. The first-order chi connectivity index (χ1) is 11.1. The fraction of sp³-hybridized carbons (Fsp3) is 0.353. The van der Waals surface area contributed by atoms with E-state index in [1.54, 1.807) is 18.1 Å². The zero-order valence-corrected chi connectivity index (χ0v) is 14.2. The van der Waals surface area contributed by atoms with Gasteiger partial charge < -0.3 is 10.2 Å². The molecule has 122 valence electrons. The van der Waals surface area contributed by atoms with Crippen molar-refractivity contribution >= 4 is 23.3 Å². The molecule has 0 aliphatic heterocycles. The SMILES string of the molecule is CCCCN(C)C(=O)c1cnc(NCc2ccccc2Cl)cn1. The second kappa shape index (κ2) is 8.48. The molecule has 0 radical (unpaired) electrons. The first-order valence-corrected chi connectivity index (χ1v) is 8.04. The lowest BCUT2D eigenvalue weighted by atomic mass is 10.2. The van der Waals surface area contributed by atoms with Crippen LogP contribution in [0.2, 0.25) is 5.02 Å². The number of benzene rings is 1. The first kappa shape index (κ1) is 17.2. The van der Waals surface area contributed by atoms with Crippen LogP contribution in [-0.4, -0.2) is 34.4 Å². The summed E-state index contributed by atoms with van der Waals surface area (Å²) in [6, 6.07) is 7.62. The van der Waals surface area contributed by atoms with Gasteiger partial charge in [0.2, 0.25) is 0 Å². The topological polar surface area (TPSA) is 58.1 Å². The quantitative estimate of drug-likeness (QED) is 0.841. The molecule has 1 heterocycles. The number of hydrogen-bond acceptors (Lipinski definition) is 4. The molecule has 0 unspecified atom stereocenters. The van der Waals surface area contributed by atoms with E-state index in [2.05, 4.69) is 22.2 Å². The highest BCUT2D eigenvalue weighted by atomic mass is 35.5. The maximum absolute atomic E-state index is 12.2. The molecule has 1 aromatic heterocycles. The summed E-state index contributed by atoms with van der Waals surface area (Å²) in [5.41, 5.74) is 1.34. The molecule has 2 aromatic rings. The third-order valence-corrected chi connectivity index (χ3v) is 3.85. The molecular weight excluding hydrogens is 312 g/mol. The van der Waals surface area contributed by atoms with Crippen molar-refractivity contribution in [3.63, 3.8) is 0 Å². The Kier molecular flexibility index (Phi) is 6.35. The van der Waals surface area contributed by atoms with Gasteiger partial charge in [0.05, 0.1) is 12.4 Å². The lowest BCUT2D eigenvalue weighted by Gasteiger charge is -2.16. The average Bonchev–Trinajstić information content (AvgIpc) is 2.59. The Bertz CT molecular complexity index is 645. The zero-order chi connectivity index (χ0) is 16.7. The molecule has 0 bridgehead atoms. The number of unbranched alkanes of at least 4 members (excludes halogenated alkanes) is 1. The lowest BCUT2D eigenvalue weighted by molar-refractivity contribution is 0.0787. The van der Waals surface area contributed by atoms with Gasteiger partial charge in [0.15, 0.2) is 0 Å². The van der Waals surface area contributed by atoms with Crippen LogP contribution in [0, 0.1) is 0 Å². The number of halogens is 1. The highest BCUT2D eigenvalue weighted by Crippen LogP contribution is 2.16. The number of nitrogens with zero attached hydrogens (tertiary/aromatic N) is 3. The van der Waals surface area contributed by atoms with Crippen LogP contribution in [0.5, 0.6) is 0 Å². The molecule has 1 N–H and O–H groups in total.